The van der Waals surface area contributed by atoms with Gasteiger partial charge < -0.3 is 0 Å². The number of hydrogen-bond donors (Lipinski definition) is 0. The first-order chi connectivity index (χ1) is 11.2. The van der Waals surface area contributed by atoms with E-state index in [0.717, 1.165) is 46.5 Å². The summed E-state index contributed by atoms with van der Waals surface area (Å²) in [6, 6.07) is 10.9. The third kappa shape index (κ3) is 2.82. The molecule has 0 spiro atoms. The lowest BCUT2D eigenvalue weighted by Crippen LogP contribution is -2.02. The minimum absolute atomic E-state index is 0.120. The average Bonchev–Trinajstić information content (AvgIpc) is 2.95. The minimum Gasteiger partial charge on any atom is -0.257 e. The number of para-hydroxylation sites is 2. The van der Waals surface area contributed by atoms with E-state index in [1.54, 1.807) is 6.07 Å². The number of aryl methyl sites for hydroxylation is 1. The van der Waals surface area contributed by atoms with Gasteiger partial charge in [0.1, 0.15) is 5.82 Å². The maximum atomic E-state index is 13.5. The zero-order valence-electron chi connectivity index (χ0n) is 12.3. The molecule has 114 valence electrons. The highest BCUT2D eigenvalue weighted by atomic mass is 35.5. The van der Waals surface area contributed by atoms with Crippen molar-refractivity contribution in [2.45, 2.75) is 19.3 Å². The SMILES string of the molecule is Fc1cc2c(cc1Cl)N=C(CCc1cnc3ccccc3n1)C2. The van der Waals surface area contributed by atoms with Crippen molar-refractivity contribution in [3.63, 3.8) is 0 Å². The summed E-state index contributed by atoms with van der Waals surface area (Å²) in [4.78, 5) is 13.6. The van der Waals surface area contributed by atoms with Crippen molar-refractivity contribution in [2.75, 3.05) is 0 Å². The van der Waals surface area contributed by atoms with Gasteiger partial charge >= 0.3 is 0 Å². The predicted octanol–water partition coefficient (Wildman–Crippen LogP) is 4.68. The van der Waals surface area contributed by atoms with Crippen LogP contribution in [0.1, 0.15) is 17.7 Å². The van der Waals surface area contributed by atoms with Crippen LogP contribution >= 0.6 is 11.6 Å². The molecule has 1 aromatic heterocycles. The Labute approximate surface area is 137 Å². The topological polar surface area (TPSA) is 38.1 Å². The maximum absolute atomic E-state index is 13.5. The Kier molecular flexibility index (Phi) is 3.54. The number of benzene rings is 2. The van der Waals surface area contributed by atoms with Gasteiger partial charge in [0.15, 0.2) is 0 Å². The first-order valence-corrected chi connectivity index (χ1v) is 7.82. The van der Waals surface area contributed by atoms with E-state index in [4.69, 9.17) is 11.6 Å². The molecule has 5 heteroatoms. The van der Waals surface area contributed by atoms with Crippen molar-refractivity contribution in [1.29, 1.82) is 0 Å². The highest BCUT2D eigenvalue weighted by Crippen LogP contribution is 2.32. The summed E-state index contributed by atoms with van der Waals surface area (Å²) in [6.45, 7) is 0. The van der Waals surface area contributed by atoms with Gasteiger partial charge in [-0.1, -0.05) is 23.7 Å². The predicted molar refractivity (Wildman–Crippen MR) is 90.1 cm³/mol. The first-order valence-electron chi connectivity index (χ1n) is 7.44. The van der Waals surface area contributed by atoms with Gasteiger partial charge in [-0.3, -0.25) is 9.98 Å². The van der Waals surface area contributed by atoms with E-state index in [1.165, 1.54) is 6.07 Å². The molecule has 0 amide bonds. The molecule has 3 nitrogen and oxygen atoms in total. The molecule has 1 aliphatic rings. The van der Waals surface area contributed by atoms with Gasteiger partial charge in [-0.2, -0.15) is 0 Å². The van der Waals surface area contributed by atoms with Crippen LogP contribution in [0, 0.1) is 5.82 Å². The second kappa shape index (κ2) is 5.70. The summed E-state index contributed by atoms with van der Waals surface area (Å²) < 4.78 is 13.5. The summed E-state index contributed by atoms with van der Waals surface area (Å²) >= 11 is 5.81. The fraction of sp³-hybridized carbons (Fsp3) is 0.167. The summed E-state index contributed by atoms with van der Waals surface area (Å²) in [5.74, 6) is -0.387. The van der Waals surface area contributed by atoms with Crippen LogP contribution in [0.25, 0.3) is 11.0 Å². The average molecular weight is 326 g/mol. The van der Waals surface area contributed by atoms with E-state index in [-0.39, 0.29) is 10.8 Å². The third-order valence-corrected chi connectivity index (χ3v) is 4.25. The molecule has 0 saturated heterocycles. The number of halogens is 2. The molecular weight excluding hydrogens is 313 g/mol. The van der Waals surface area contributed by atoms with E-state index in [9.17, 15) is 4.39 Å². The van der Waals surface area contributed by atoms with Gasteiger partial charge in [0, 0.05) is 18.3 Å². The zero-order valence-corrected chi connectivity index (χ0v) is 13.0. The molecule has 1 aliphatic heterocycles. The highest BCUT2D eigenvalue weighted by Gasteiger charge is 2.17. The van der Waals surface area contributed by atoms with Crippen molar-refractivity contribution in [3.8, 4) is 0 Å². The summed E-state index contributed by atoms with van der Waals surface area (Å²) in [5, 5.41) is 0.120. The lowest BCUT2D eigenvalue weighted by Gasteiger charge is -2.02. The molecular formula is C18H13ClFN3. The second-order valence-electron chi connectivity index (χ2n) is 5.60. The Balaban J connectivity index is 1.50. The van der Waals surface area contributed by atoms with E-state index < -0.39 is 0 Å². The third-order valence-electron chi connectivity index (χ3n) is 3.96. The molecule has 4 rings (SSSR count). The smallest absolute Gasteiger partial charge is 0.142 e. The summed E-state index contributed by atoms with van der Waals surface area (Å²) in [6.07, 6.45) is 4.02. The molecule has 0 atom stereocenters. The van der Waals surface area contributed by atoms with Crippen molar-refractivity contribution in [2.24, 2.45) is 4.99 Å². The monoisotopic (exact) mass is 325 g/mol. The molecule has 0 radical (unpaired) electrons. The van der Waals surface area contributed by atoms with E-state index in [1.807, 2.05) is 30.5 Å². The molecule has 0 bridgehead atoms. The number of fused-ring (bicyclic) bond motifs is 2. The maximum Gasteiger partial charge on any atom is 0.142 e. The molecule has 0 saturated carbocycles. The first kappa shape index (κ1) is 14.3. The number of aromatic nitrogens is 2. The lowest BCUT2D eigenvalue weighted by atomic mass is 10.1. The van der Waals surface area contributed by atoms with E-state index in [2.05, 4.69) is 15.0 Å². The molecule has 0 aliphatic carbocycles. The van der Waals surface area contributed by atoms with Gasteiger partial charge in [-0.15, -0.1) is 0 Å². The van der Waals surface area contributed by atoms with Crippen LogP contribution in [0.5, 0.6) is 0 Å². The van der Waals surface area contributed by atoms with E-state index >= 15 is 0 Å². The standard InChI is InChI=1S/C18H13ClFN3/c19-14-9-18-11(8-15(14)20)7-12(22-18)5-6-13-10-21-16-3-1-2-4-17(16)23-13/h1-4,8-10H,5-7H2. The molecule has 23 heavy (non-hydrogen) atoms. The van der Waals surface area contributed by atoms with Crippen molar-refractivity contribution < 1.29 is 4.39 Å². The molecule has 2 heterocycles. The lowest BCUT2D eigenvalue weighted by molar-refractivity contribution is 0.627. The van der Waals surface area contributed by atoms with Gasteiger partial charge in [0.2, 0.25) is 0 Å². The van der Waals surface area contributed by atoms with Crippen LogP contribution in [0.15, 0.2) is 47.6 Å². The molecule has 0 fully saturated rings. The molecule has 2 aromatic carbocycles. The minimum atomic E-state index is -0.387. The largest absolute Gasteiger partial charge is 0.257 e. The Bertz CT molecular complexity index is 937. The number of nitrogens with zero attached hydrogens (tertiary/aromatic N) is 3. The highest BCUT2D eigenvalue weighted by molar-refractivity contribution is 6.31. The van der Waals surface area contributed by atoms with Crippen molar-refractivity contribution >= 4 is 34.0 Å². The fourth-order valence-corrected chi connectivity index (χ4v) is 2.94. The molecule has 0 unspecified atom stereocenters. The Hall–Kier alpha value is -2.33. The number of rotatable bonds is 3. The van der Waals surface area contributed by atoms with Crippen molar-refractivity contribution in [1.82, 2.24) is 9.97 Å². The normalized spacial score (nSPS) is 13.2. The number of hydrogen-bond acceptors (Lipinski definition) is 3. The quantitative estimate of drug-likeness (QED) is 0.701. The van der Waals surface area contributed by atoms with Gasteiger partial charge in [-0.25, -0.2) is 9.37 Å². The van der Waals surface area contributed by atoms with Crippen molar-refractivity contribution in [3.05, 3.63) is 64.7 Å². The van der Waals surface area contributed by atoms with Crippen LogP contribution in [0.4, 0.5) is 10.1 Å². The number of aliphatic imine (C=N–C) groups is 1. The van der Waals surface area contributed by atoms with Gasteiger partial charge in [-0.05, 0) is 42.7 Å². The van der Waals surface area contributed by atoms with Crippen LogP contribution in [0.2, 0.25) is 5.02 Å². The molecule has 3 aromatic rings. The van der Waals surface area contributed by atoms with Gasteiger partial charge in [0.05, 0.1) is 27.4 Å². The van der Waals surface area contributed by atoms with Gasteiger partial charge in [0.25, 0.3) is 0 Å². The van der Waals surface area contributed by atoms with E-state index in [0.29, 0.717) is 6.42 Å². The summed E-state index contributed by atoms with van der Waals surface area (Å²) in [7, 11) is 0. The fourth-order valence-electron chi connectivity index (χ4n) is 2.79. The second-order valence-corrected chi connectivity index (χ2v) is 6.01. The van der Waals surface area contributed by atoms with Crippen LogP contribution < -0.4 is 0 Å². The van der Waals surface area contributed by atoms with Crippen LogP contribution in [-0.2, 0) is 12.8 Å². The Morgan fingerprint density at radius 2 is 1.91 bits per heavy atom. The molecule has 0 N–H and O–H groups in total. The Morgan fingerprint density at radius 1 is 1.09 bits per heavy atom. The Morgan fingerprint density at radius 3 is 2.78 bits per heavy atom. The zero-order chi connectivity index (χ0) is 15.8. The summed E-state index contributed by atoms with van der Waals surface area (Å²) in [5.41, 5.74) is 5.42. The van der Waals surface area contributed by atoms with Crippen LogP contribution in [0.3, 0.4) is 0 Å². The van der Waals surface area contributed by atoms with Crippen LogP contribution in [-0.4, -0.2) is 15.7 Å².